The third kappa shape index (κ3) is 3.39. The number of thiol groups is 1. The van der Waals surface area contributed by atoms with Gasteiger partial charge in [-0.2, -0.15) is 0 Å². The number of carbonyl (C=O) groups is 3. The molecule has 0 radical (unpaired) electrons. The molecule has 0 atom stereocenters. The molecule has 0 unspecified atom stereocenters. The van der Waals surface area contributed by atoms with Gasteiger partial charge >= 0.3 is 0 Å². The Balaban J connectivity index is 2.53. The van der Waals surface area contributed by atoms with Crippen LogP contribution in [-0.4, -0.2) is 17.3 Å². The number of allylic oxidation sites excluding steroid dienone is 7. The van der Waals surface area contributed by atoms with Crippen LogP contribution in [0.4, 0.5) is 0 Å². The lowest BCUT2D eigenvalue weighted by atomic mass is 9.95. The van der Waals surface area contributed by atoms with Crippen LogP contribution in [0.3, 0.4) is 0 Å². The van der Waals surface area contributed by atoms with Gasteiger partial charge in [-0.15, -0.1) is 12.6 Å². The second kappa shape index (κ2) is 7.41. The van der Waals surface area contributed by atoms with Crippen molar-refractivity contribution < 1.29 is 14.4 Å². The molecule has 1 aromatic rings. The van der Waals surface area contributed by atoms with Crippen LogP contribution in [-0.2, 0) is 0 Å². The molecule has 0 spiro atoms. The van der Waals surface area contributed by atoms with E-state index in [1.165, 1.54) is 19.9 Å². The Morgan fingerprint density at radius 2 is 1.71 bits per heavy atom. The van der Waals surface area contributed by atoms with Crippen molar-refractivity contribution in [2.24, 2.45) is 0 Å². The molecule has 1 aliphatic rings. The first-order chi connectivity index (χ1) is 11.4. The molecule has 0 saturated heterocycles. The maximum absolute atomic E-state index is 12.6. The van der Waals surface area contributed by atoms with Gasteiger partial charge in [-0.25, -0.2) is 0 Å². The molecule has 0 heterocycles. The Morgan fingerprint density at radius 1 is 1.04 bits per heavy atom. The van der Waals surface area contributed by atoms with Gasteiger partial charge in [0.1, 0.15) is 0 Å². The third-order valence-corrected chi connectivity index (χ3v) is 4.14. The van der Waals surface area contributed by atoms with Crippen LogP contribution in [0.15, 0.2) is 53.0 Å². The average molecular weight is 338 g/mol. The largest absolute Gasteiger partial charge is 0.294 e. The molecule has 0 fully saturated rings. The van der Waals surface area contributed by atoms with Gasteiger partial charge in [0.15, 0.2) is 17.3 Å². The van der Waals surface area contributed by atoms with Crippen molar-refractivity contribution in [2.45, 2.75) is 25.7 Å². The maximum atomic E-state index is 12.6. The summed E-state index contributed by atoms with van der Waals surface area (Å²) >= 11 is 4.34. The third-order valence-electron chi connectivity index (χ3n) is 3.68. The summed E-state index contributed by atoms with van der Waals surface area (Å²) in [5.41, 5.74) is 2.01. The molecule has 3 nitrogen and oxygen atoms in total. The summed E-state index contributed by atoms with van der Waals surface area (Å²) in [7, 11) is 0. The number of fused-ring (bicyclic) bond motifs is 1. The maximum Gasteiger partial charge on any atom is 0.193 e. The minimum atomic E-state index is -0.226. The van der Waals surface area contributed by atoms with Gasteiger partial charge in [0.25, 0.3) is 0 Å². The second-order valence-corrected chi connectivity index (χ2v) is 5.87. The summed E-state index contributed by atoms with van der Waals surface area (Å²) in [6.45, 7) is 4.72. The van der Waals surface area contributed by atoms with E-state index in [0.29, 0.717) is 32.7 Å². The molecule has 1 aliphatic carbocycles. The van der Waals surface area contributed by atoms with E-state index < -0.39 is 0 Å². The number of hydrogen-bond donors (Lipinski definition) is 1. The molecule has 0 aliphatic heterocycles. The highest BCUT2D eigenvalue weighted by atomic mass is 32.1. The minimum absolute atomic E-state index is 0.195. The van der Waals surface area contributed by atoms with E-state index in [4.69, 9.17) is 0 Å². The summed E-state index contributed by atoms with van der Waals surface area (Å²) in [6, 6.07) is 1.53. The lowest BCUT2D eigenvalue weighted by Crippen LogP contribution is -2.08. The summed E-state index contributed by atoms with van der Waals surface area (Å²) < 4.78 is 0. The van der Waals surface area contributed by atoms with E-state index in [9.17, 15) is 14.4 Å². The molecule has 4 heteroatoms. The summed E-state index contributed by atoms with van der Waals surface area (Å²) in [5.74, 6) is -0.642. The van der Waals surface area contributed by atoms with Gasteiger partial charge in [-0.05, 0) is 38.5 Å². The number of benzene rings is 1. The zero-order valence-corrected chi connectivity index (χ0v) is 14.7. The highest BCUT2D eigenvalue weighted by molar-refractivity contribution is 7.80. The van der Waals surface area contributed by atoms with Crippen LogP contribution >= 0.6 is 12.6 Å². The van der Waals surface area contributed by atoms with Gasteiger partial charge in [0.2, 0.25) is 0 Å². The van der Waals surface area contributed by atoms with E-state index in [0.717, 1.165) is 0 Å². The van der Waals surface area contributed by atoms with Gasteiger partial charge in [-0.1, -0.05) is 36.5 Å². The SMILES string of the molecule is CC=CC=CC=CC1=Cc2c(cc(C(C)=O)c(S)c2C(C)=O)C1=O. The number of carbonyl (C=O) groups excluding carboxylic acids is 3. The van der Waals surface area contributed by atoms with Crippen molar-refractivity contribution in [2.75, 3.05) is 0 Å². The van der Waals surface area contributed by atoms with E-state index in [2.05, 4.69) is 12.6 Å². The molecule has 24 heavy (non-hydrogen) atoms. The second-order valence-electron chi connectivity index (χ2n) is 5.42. The topological polar surface area (TPSA) is 51.2 Å². The fourth-order valence-electron chi connectivity index (χ4n) is 2.55. The number of rotatable bonds is 5. The lowest BCUT2D eigenvalue weighted by Gasteiger charge is -2.11. The number of ketones is 3. The van der Waals surface area contributed by atoms with Crippen molar-refractivity contribution in [3.8, 4) is 0 Å². The lowest BCUT2D eigenvalue weighted by molar-refractivity contribution is 0.101. The highest BCUT2D eigenvalue weighted by Gasteiger charge is 2.28. The zero-order chi connectivity index (χ0) is 17.9. The normalized spacial score (nSPS) is 14.0. The quantitative estimate of drug-likeness (QED) is 0.483. The minimum Gasteiger partial charge on any atom is -0.294 e. The number of Topliss-reactive ketones (excluding diaryl/α,β-unsaturated/α-hetero) is 3. The van der Waals surface area contributed by atoms with Gasteiger partial charge in [-0.3, -0.25) is 14.4 Å². The molecular weight excluding hydrogens is 320 g/mol. The van der Waals surface area contributed by atoms with Crippen LogP contribution in [0.5, 0.6) is 0 Å². The van der Waals surface area contributed by atoms with E-state index >= 15 is 0 Å². The van der Waals surface area contributed by atoms with Crippen molar-refractivity contribution in [3.63, 3.8) is 0 Å². The average Bonchev–Trinajstić information content (AvgIpc) is 2.81. The first-order valence-electron chi connectivity index (χ1n) is 7.52. The molecule has 0 N–H and O–H groups in total. The smallest absolute Gasteiger partial charge is 0.193 e. The molecular formula is C20H18O3S. The van der Waals surface area contributed by atoms with Crippen LogP contribution in [0.1, 0.15) is 57.4 Å². The predicted octanol–water partition coefficient (Wildman–Crippen LogP) is 4.65. The van der Waals surface area contributed by atoms with Crippen LogP contribution in [0, 0.1) is 0 Å². The van der Waals surface area contributed by atoms with E-state index in [1.807, 2.05) is 31.2 Å². The summed E-state index contributed by atoms with van der Waals surface area (Å²) in [5, 5.41) is 0. The fraction of sp³-hybridized carbons (Fsp3) is 0.150. The van der Waals surface area contributed by atoms with Crippen molar-refractivity contribution >= 4 is 36.1 Å². The Kier molecular flexibility index (Phi) is 5.52. The number of hydrogen-bond acceptors (Lipinski definition) is 4. The first-order valence-corrected chi connectivity index (χ1v) is 7.97. The van der Waals surface area contributed by atoms with E-state index in [-0.39, 0.29) is 17.3 Å². The summed E-state index contributed by atoms with van der Waals surface area (Å²) in [6.07, 6.45) is 12.6. The molecule has 0 amide bonds. The fourth-order valence-corrected chi connectivity index (χ4v) is 3.05. The van der Waals surface area contributed by atoms with Crippen molar-refractivity contribution in [1.29, 1.82) is 0 Å². The first kappa shape index (κ1) is 17.9. The standard InChI is InChI=1S/C20H18O3S/c1-4-5-6-7-8-9-14-10-16-17(19(14)23)11-15(12(2)21)20(24)18(16)13(3)22/h4-11,24H,1-3H3. The molecule has 0 bridgehead atoms. The molecule has 122 valence electrons. The molecule has 1 aromatic carbocycles. The van der Waals surface area contributed by atoms with Crippen LogP contribution in [0.2, 0.25) is 0 Å². The predicted molar refractivity (Wildman–Crippen MR) is 99.1 cm³/mol. The van der Waals surface area contributed by atoms with Crippen LogP contribution < -0.4 is 0 Å². The summed E-state index contributed by atoms with van der Waals surface area (Å²) in [4.78, 5) is 36.7. The Labute approximate surface area is 146 Å². The molecule has 2 rings (SSSR count). The zero-order valence-electron chi connectivity index (χ0n) is 13.8. The Hall–Kier alpha value is -2.46. The van der Waals surface area contributed by atoms with Crippen LogP contribution in [0.25, 0.3) is 6.08 Å². The van der Waals surface area contributed by atoms with Crippen molar-refractivity contribution in [3.05, 3.63) is 70.3 Å². The Morgan fingerprint density at radius 3 is 2.29 bits per heavy atom. The van der Waals surface area contributed by atoms with Crippen molar-refractivity contribution in [1.82, 2.24) is 0 Å². The van der Waals surface area contributed by atoms with Gasteiger partial charge in [0.05, 0.1) is 0 Å². The molecule has 0 aromatic heterocycles. The van der Waals surface area contributed by atoms with Gasteiger partial charge in [0, 0.05) is 27.2 Å². The molecule has 0 saturated carbocycles. The highest BCUT2D eigenvalue weighted by Crippen LogP contribution is 2.35. The van der Waals surface area contributed by atoms with Gasteiger partial charge < -0.3 is 0 Å². The Bertz CT molecular complexity index is 852. The monoisotopic (exact) mass is 338 g/mol. The van der Waals surface area contributed by atoms with E-state index in [1.54, 1.807) is 18.2 Å².